The summed E-state index contributed by atoms with van der Waals surface area (Å²) < 4.78 is 0. The molecule has 0 bridgehead atoms. The molecule has 46 valence electrons. The van der Waals surface area contributed by atoms with Gasteiger partial charge in [-0.05, 0) is 19.4 Å². The average molecular weight is 132 g/mol. The van der Waals surface area contributed by atoms with E-state index in [1.54, 1.807) is 0 Å². The first-order chi connectivity index (χ1) is 3.43. The van der Waals surface area contributed by atoms with Gasteiger partial charge in [-0.3, -0.25) is 0 Å². The number of hydrogen-bond acceptors (Lipinski definition) is 1. The summed E-state index contributed by atoms with van der Waals surface area (Å²) in [5.74, 6) is 2.65. The molecule has 1 N–H and O–H groups in total. The van der Waals surface area contributed by atoms with Crippen molar-refractivity contribution in [1.82, 2.24) is 5.32 Å². The van der Waals surface area contributed by atoms with Crippen LogP contribution in [-0.4, -0.2) is 12.6 Å². The third-order valence-electron chi connectivity index (χ3n) is 1.26. The molecule has 1 atom stereocenters. The van der Waals surface area contributed by atoms with Crippen LogP contribution in [0.4, 0.5) is 0 Å². The van der Waals surface area contributed by atoms with Crippen molar-refractivity contribution < 1.29 is 0 Å². The number of terminal acetylenes is 1. The highest BCUT2D eigenvalue weighted by Gasteiger charge is 2.08. The van der Waals surface area contributed by atoms with Gasteiger partial charge in [0.05, 0.1) is 6.04 Å². The third-order valence-corrected chi connectivity index (χ3v) is 1.26. The Morgan fingerprint density at radius 2 is 2.38 bits per heavy atom. The van der Waals surface area contributed by atoms with E-state index >= 15 is 0 Å². The van der Waals surface area contributed by atoms with Crippen LogP contribution >= 0.6 is 12.4 Å². The standard InChI is InChI=1S/C6H9N.ClH/c1-2-6-4-3-5-7-6;/h1,6-7H,3-5H2;1H. The molecule has 1 fully saturated rings. The lowest BCUT2D eigenvalue weighted by Crippen LogP contribution is -2.18. The van der Waals surface area contributed by atoms with E-state index in [0.29, 0.717) is 6.04 Å². The fraction of sp³-hybridized carbons (Fsp3) is 0.667. The molecule has 2 heteroatoms. The number of halogens is 1. The second-order valence-corrected chi connectivity index (χ2v) is 1.82. The quantitative estimate of drug-likeness (QED) is 0.480. The van der Waals surface area contributed by atoms with Crippen LogP contribution in [0.2, 0.25) is 0 Å². The predicted molar refractivity (Wildman–Crippen MR) is 37.1 cm³/mol. The van der Waals surface area contributed by atoms with Crippen molar-refractivity contribution in [2.75, 3.05) is 6.54 Å². The summed E-state index contributed by atoms with van der Waals surface area (Å²) in [7, 11) is 0. The molecule has 0 spiro atoms. The zero-order chi connectivity index (χ0) is 5.11. The van der Waals surface area contributed by atoms with E-state index < -0.39 is 0 Å². The summed E-state index contributed by atoms with van der Waals surface area (Å²) in [4.78, 5) is 0. The number of hydrogen-bond donors (Lipinski definition) is 1. The van der Waals surface area contributed by atoms with Gasteiger partial charge in [0.2, 0.25) is 0 Å². The molecule has 0 aromatic heterocycles. The molecule has 1 aliphatic heterocycles. The zero-order valence-corrected chi connectivity index (χ0v) is 5.50. The molecule has 1 heterocycles. The lowest BCUT2D eigenvalue weighted by molar-refractivity contribution is 0.749. The van der Waals surface area contributed by atoms with Gasteiger partial charge >= 0.3 is 0 Å². The maximum atomic E-state index is 5.12. The molecule has 8 heavy (non-hydrogen) atoms. The largest absolute Gasteiger partial charge is 0.304 e. The van der Waals surface area contributed by atoms with Crippen LogP contribution < -0.4 is 5.32 Å². The van der Waals surface area contributed by atoms with Gasteiger partial charge in [0.15, 0.2) is 0 Å². The Labute approximate surface area is 56.3 Å². The fourth-order valence-corrected chi connectivity index (χ4v) is 0.827. The van der Waals surface area contributed by atoms with E-state index in [1.165, 1.54) is 6.42 Å². The van der Waals surface area contributed by atoms with Crippen LogP contribution in [0, 0.1) is 12.3 Å². The maximum absolute atomic E-state index is 5.12. The maximum Gasteiger partial charge on any atom is 0.0687 e. The van der Waals surface area contributed by atoms with E-state index in [0.717, 1.165) is 13.0 Å². The van der Waals surface area contributed by atoms with Crippen LogP contribution in [0.15, 0.2) is 0 Å². The van der Waals surface area contributed by atoms with Gasteiger partial charge in [-0.2, -0.15) is 0 Å². The average Bonchev–Trinajstić information content (AvgIpc) is 2.14. The van der Waals surface area contributed by atoms with Crippen molar-refractivity contribution >= 4 is 12.4 Å². The molecule has 1 nitrogen and oxygen atoms in total. The summed E-state index contributed by atoms with van der Waals surface area (Å²) in [6.45, 7) is 1.11. The highest BCUT2D eigenvalue weighted by molar-refractivity contribution is 5.85. The lowest BCUT2D eigenvalue weighted by atomic mass is 10.2. The zero-order valence-electron chi connectivity index (χ0n) is 4.68. The van der Waals surface area contributed by atoms with Crippen molar-refractivity contribution in [1.29, 1.82) is 0 Å². The van der Waals surface area contributed by atoms with Crippen molar-refractivity contribution in [3.63, 3.8) is 0 Å². The highest BCUT2D eigenvalue weighted by atomic mass is 35.5. The molecule has 0 aromatic carbocycles. The molecule has 0 aromatic rings. The Kier molecular flexibility index (Phi) is 3.68. The van der Waals surface area contributed by atoms with Gasteiger partial charge in [-0.25, -0.2) is 0 Å². The summed E-state index contributed by atoms with van der Waals surface area (Å²) in [5, 5.41) is 3.17. The predicted octanol–water partition coefficient (Wildman–Crippen LogP) is 0.793. The van der Waals surface area contributed by atoms with E-state index in [9.17, 15) is 0 Å². The van der Waals surface area contributed by atoms with E-state index in [1.807, 2.05) is 0 Å². The molecule has 0 saturated carbocycles. The second-order valence-electron chi connectivity index (χ2n) is 1.82. The van der Waals surface area contributed by atoms with Crippen LogP contribution in [0.25, 0.3) is 0 Å². The molecule has 0 amide bonds. The third kappa shape index (κ3) is 1.73. The van der Waals surface area contributed by atoms with E-state index in [2.05, 4.69) is 11.2 Å². The molecule has 1 unspecified atom stereocenters. The van der Waals surface area contributed by atoms with Gasteiger partial charge in [-0.1, -0.05) is 5.92 Å². The first-order valence-electron chi connectivity index (χ1n) is 2.63. The van der Waals surface area contributed by atoms with Gasteiger partial charge < -0.3 is 5.32 Å². The van der Waals surface area contributed by atoms with Crippen molar-refractivity contribution in [2.24, 2.45) is 0 Å². The van der Waals surface area contributed by atoms with Gasteiger partial charge in [0, 0.05) is 0 Å². The monoisotopic (exact) mass is 131 g/mol. The summed E-state index contributed by atoms with van der Waals surface area (Å²) >= 11 is 0. The van der Waals surface area contributed by atoms with Gasteiger partial charge in [0.25, 0.3) is 0 Å². The minimum atomic E-state index is 0. The lowest BCUT2D eigenvalue weighted by Gasteiger charge is -1.94. The minimum absolute atomic E-state index is 0. The molecular formula is C6H10ClN. The van der Waals surface area contributed by atoms with Gasteiger partial charge in [0.1, 0.15) is 0 Å². The SMILES string of the molecule is C#CC1CCCN1.Cl. The minimum Gasteiger partial charge on any atom is -0.304 e. The van der Waals surface area contributed by atoms with Crippen LogP contribution in [0.3, 0.4) is 0 Å². The Morgan fingerprint density at radius 3 is 2.62 bits per heavy atom. The smallest absolute Gasteiger partial charge is 0.0687 e. The van der Waals surface area contributed by atoms with Crippen molar-refractivity contribution in [2.45, 2.75) is 18.9 Å². The highest BCUT2D eigenvalue weighted by Crippen LogP contribution is 2.01. The number of nitrogens with one attached hydrogen (secondary N) is 1. The molecule has 0 aliphatic carbocycles. The molecule has 1 saturated heterocycles. The Balaban J connectivity index is 0.000000490. The topological polar surface area (TPSA) is 12.0 Å². The Morgan fingerprint density at radius 1 is 1.62 bits per heavy atom. The van der Waals surface area contributed by atoms with Crippen LogP contribution in [0.1, 0.15) is 12.8 Å². The van der Waals surface area contributed by atoms with Crippen LogP contribution in [0.5, 0.6) is 0 Å². The van der Waals surface area contributed by atoms with Crippen LogP contribution in [-0.2, 0) is 0 Å². The molecular weight excluding hydrogens is 122 g/mol. The number of rotatable bonds is 0. The second kappa shape index (κ2) is 3.77. The Hall–Kier alpha value is -0.190. The summed E-state index contributed by atoms with van der Waals surface area (Å²) in [6.07, 6.45) is 7.53. The Bertz CT molecular complexity index is 89.2. The normalized spacial score (nSPS) is 26.1. The summed E-state index contributed by atoms with van der Waals surface area (Å²) in [6, 6.07) is 0.375. The van der Waals surface area contributed by atoms with E-state index in [-0.39, 0.29) is 12.4 Å². The van der Waals surface area contributed by atoms with Gasteiger partial charge in [-0.15, -0.1) is 18.8 Å². The van der Waals surface area contributed by atoms with Crippen molar-refractivity contribution in [3.8, 4) is 12.3 Å². The van der Waals surface area contributed by atoms with E-state index in [4.69, 9.17) is 6.42 Å². The summed E-state index contributed by atoms with van der Waals surface area (Å²) in [5.41, 5.74) is 0. The molecule has 1 aliphatic rings. The molecule has 1 rings (SSSR count). The first-order valence-corrected chi connectivity index (χ1v) is 2.63. The fourth-order valence-electron chi connectivity index (χ4n) is 0.827. The molecule has 0 radical (unpaired) electrons. The van der Waals surface area contributed by atoms with Crippen molar-refractivity contribution in [3.05, 3.63) is 0 Å². The first kappa shape index (κ1) is 7.81.